The van der Waals surface area contributed by atoms with Crippen LogP contribution in [0.25, 0.3) is 0 Å². The molecule has 6 heteroatoms. The molecule has 0 unspecified atom stereocenters. The second kappa shape index (κ2) is 7.38. The molecule has 0 spiro atoms. The van der Waals surface area contributed by atoms with Crippen molar-refractivity contribution in [1.82, 2.24) is 14.8 Å². The lowest BCUT2D eigenvalue weighted by atomic mass is 10.2. The summed E-state index contributed by atoms with van der Waals surface area (Å²) in [6.07, 6.45) is 0. The van der Waals surface area contributed by atoms with E-state index in [2.05, 4.69) is 27.1 Å². The van der Waals surface area contributed by atoms with Crippen LogP contribution in [0.5, 0.6) is 0 Å². The lowest BCUT2D eigenvalue weighted by Gasteiger charge is -2.32. The Balaban J connectivity index is 1.81. The highest BCUT2D eigenvalue weighted by atomic mass is 16.5. The van der Waals surface area contributed by atoms with Crippen LogP contribution in [0, 0.1) is 6.92 Å². The Morgan fingerprint density at radius 1 is 1.33 bits per heavy atom. The first kappa shape index (κ1) is 15.7. The van der Waals surface area contributed by atoms with Gasteiger partial charge in [0.25, 0.3) is 0 Å². The maximum absolute atomic E-state index is 11.5. The first-order valence-electron chi connectivity index (χ1n) is 7.31. The summed E-state index contributed by atoms with van der Waals surface area (Å²) in [4.78, 5) is 20.7. The SMILES string of the molecule is COC(=O)c1ccc(NCCN2CCN(C)CC2)nc1C. The molecule has 2 heterocycles. The molecule has 0 aliphatic carbocycles. The van der Waals surface area contributed by atoms with Gasteiger partial charge in [-0.05, 0) is 26.1 Å². The number of nitrogens with one attached hydrogen (secondary N) is 1. The number of hydrogen-bond acceptors (Lipinski definition) is 6. The zero-order valence-electron chi connectivity index (χ0n) is 13.1. The average Bonchev–Trinajstić information content (AvgIpc) is 2.49. The Kier molecular flexibility index (Phi) is 5.52. The van der Waals surface area contributed by atoms with Gasteiger partial charge in [0.1, 0.15) is 5.82 Å². The van der Waals surface area contributed by atoms with Crippen LogP contribution < -0.4 is 5.32 Å². The molecule has 1 aromatic heterocycles. The van der Waals surface area contributed by atoms with E-state index in [1.54, 1.807) is 6.07 Å². The van der Waals surface area contributed by atoms with E-state index < -0.39 is 0 Å². The van der Waals surface area contributed by atoms with Crippen LogP contribution in [0.2, 0.25) is 0 Å². The van der Waals surface area contributed by atoms with Gasteiger partial charge < -0.3 is 15.0 Å². The van der Waals surface area contributed by atoms with E-state index >= 15 is 0 Å². The predicted molar refractivity (Wildman–Crippen MR) is 82.7 cm³/mol. The summed E-state index contributed by atoms with van der Waals surface area (Å²) >= 11 is 0. The highest BCUT2D eigenvalue weighted by molar-refractivity contribution is 5.90. The molecule has 1 N–H and O–H groups in total. The van der Waals surface area contributed by atoms with Gasteiger partial charge in [-0.1, -0.05) is 0 Å². The molecule has 0 radical (unpaired) electrons. The third-order valence-electron chi connectivity index (χ3n) is 3.82. The normalized spacial score (nSPS) is 16.7. The molecule has 0 bridgehead atoms. The summed E-state index contributed by atoms with van der Waals surface area (Å²) in [6.45, 7) is 8.17. The molecule has 0 saturated carbocycles. The molecule has 2 rings (SSSR count). The zero-order chi connectivity index (χ0) is 15.2. The van der Waals surface area contributed by atoms with Crippen molar-refractivity contribution in [2.24, 2.45) is 0 Å². The number of pyridine rings is 1. The molecule has 1 aliphatic heterocycles. The molecule has 6 nitrogen and oxygen atoms in total. The minimum Gasteiger partial charge on any atom is -0.465 e. The average molecular weight is 292 g/mol. The first-order chi connectivity index (χ1) is 10.1. The summed E-state index contributed by atoms with van der Waals surface area (Å²) in [7, 11) is 3.54. The number of carbonyl (C=O) groups excluding carboxylic acids is 1. The van der Waals surface area contributed by atoms with Crippen molar-refractivity contribution >= 4 is 11.8 Å². The maximum Gasteiger partial charge on any atom is 0.339 e. The smallest absolute Gasteiger partial charge is 0.339 e. The number of hydrogen-bond donors (Lipinski definition) is 1. The molecule has 1 aliphatic rings. The Morgan fingerprint density at radius 2 is 2.05 bits per heavy atom. The number of esters is 1. The van der Waals surface area contributed by atoms with E-state index in [-0.39, 0.29) is 5.97 Å². The van der Waals surface area contributed by atoms with Gasteiger partial charge in [0.15, 0.2) is 0 Å². The van der Waals surface area contributed by atoms with Crippen molar-refractivity contribution in [3.63, 3.8) is 0 Å². The molecule has 1 fully saturated rings. The van der Waals surface area contributed by atoms with Gasteiger partial charge in [-0.2, -0.15) is 0 Å². The largest absolute Gasteiger partial charge is 0.465 e. The summed E-state index contributed by atoms with van der Waals surface area (Å²) < 4.78 is 4.72. The number of piperazine rings is 1. The molecule has 0 aromatic carbocycles. The molecule has 21 heavy (non-hydrogen) atoms. The van der Waals surface area contributed by atoms with E-state index in [1.165, 1.54) is 7.11 Å². The first-order valence-corrected chi connectivity index (χ1v) is 7.31. The van der Waals surface area contributed by atoms with Crippen LogP contribution in [-0.2, 0) is 4.74 Å². The Morgan fingerprint density at radius 3 is 2.67 bits per heavy atom. The molecule has 116 valence electrons. The van der Waals surface area contributed by atoms with E-state index in [1.807, 2.05) is 13.0 Å². The van der Waals surface area contributed by atoms with Crippen LogP contribution >= 0.6 is 0 Å². The fourth-order valence-electron chi connectivity index (χ4n) is 2.40. The number of carbonyl (C=O) groups is 1. The van der Waals surface area contributed by atoms with E-state index in [0.717, 1.165) is 45.1 Å². The van der Waals surface area contributed by atoms with Gasteiger partial charge in [0.2, 0.25) is 0 Å². The van der Waals surface area contributed by atoms with Gasteiger partial charge in [-0.25, -0.2) is 9.78 Å². The number of anilines is 1. The van der Waals surface area contributed by atoms with Gasteiger partial charge in [-0.15, -0.1) is 0 Å². The molecule has 0 amide bonds. The monoisotopic (exact) mass is 292 g/mol. The Labute approximate surface area is 126 Å². The lowest BCUT2D eigenvalue weighted by Crippen LogP contribution is -2.45. The number of rotatable bonds is 5. The third-order valence-corrected chi connectivity index (χ3v) is 3.82. The fourth-order valence-corrected chi connectivity index (χ4v) is 2.40. The predicted octanol–water partition coefficient (Wildman–Crippen LogP) is 0.836. The number of nitrogens with zero attached hydrogens (tertiary/aromatic N) is 3. The van der Waals surface area contributed by atoms with Crippen molar-refractivity contribution in [3.05, 3.63) is 23.4 Å². The second-order valence-corrected chi connectivity index (χ2v) is 5.39. The van der Waals surface area contributed by atoms with Crippen LogP contribution in [0.1, 0.15) is 16.1 Å². The van der Waals surface area contributed by atoms with Crippen molar-refractivity contribution in [2.75, 3.05) is 58.7 Å². The number of aryl methyl sites for hydroxylation is 1. The molecule has 1 saturated heterocycles. The third kappa shape index (κ3) is 4.41. The minimum atomic E-state index is -0.344. The number of likely N-dealkylation sites (N-methyl/N-ethyl adjacent to an activating group) is 1. The number of methoxy groups -OCH3 is 1. The van der Waals surface area contributed by atoms with Crippen molar-refractivity contribution in [2.45, 2.75) is 6.92 Å². The highest BCUT2D eigenvalue weighted by Crippen LogP contribution is 2.11. The lowest BCUT2D eigenvalue weighted by molar-refractivity contribution is 0.0599. The van der Waals surface area contributed by atoms with E-state index in [4.69, 9.17) is 4.74 Å². The van der Waals surface area contributed by atoms with Crippen molar-refractivity contribution in [1.29, 1.82) is 0 Å². The Hall–Kier alpha value is -1.66. The standard InChI is InChI=1S/C15H24N4O2/c1-12-13(15(20)21-3)4-5-14(17-12)16-6-7-19-10-8-18(2)9-11-19/h4-5H,6-11H2,1-3H3,(H,16,17). The van der Waals surface area contributed by atoms with Crippen LogP contribution in [0.3, 0.4) is 0 Å². The van der Waals surface area contributed by atoms with Gasteiger partial charge in [-0.3, -0.25) is 4.90 Å². The molecular weight excluding hydrogens is 268 g/mol. The summed E-state index contributed by atoms with van der Waals surface area (Å²) in [6, 6.07) is 3.58. The highest BCUT2D eigenvalue weighted by Gasteiger charge is 2.13. The van der Waals surface area contributed by atoms with Gasteiger partial charge >= 0.3 is 5.97 Å². The fraction of sp³-hybridized carbons (Fsp3) is 0.600. The summed E-state index contributed by atoms with van der Waals surface area (Å²) in [5, 5.41) is 3.31. The van der Waals surface area contributed by atoms with Crippen molar-refractivity contribution in [3.8, 4) is 0 Å². The second-order valence-electron chi connectivity index (χ2n) is 5.39. The molecule has 0 atom stereocenters. The van der Waals surface area contributed by atoms with Crippen LogP contribution in [0.4, 0.5) is 5.82 Å². The van der Waals surface area contributed by atoms with Gasteiger partial charge in [0, 0.05) is 39.3 Å². The summed E-state index contributed by atoms with van der Waals surface area (Å²) in [5.74, 6) is 0.457. The van der Waals surface area contributed by atoms with Crippen molar-refractivity contribution < 1.29 is 9.53 Å². The zero-order valence-corrected chi connectivity index (χ0v) is 13.1. The number of aromatic nitrogens is 1. The maximum atomic E-state index is 11.5. The molecule has 1 aromatic rings. The minimum absolute atomic E-state index is 0.344. The summed E-state index contributed by atoms with van der Waals surface area (Å²) in [5.41, 5.74) is 1.20. The quantitative estimate of drug-likeness (QED) is 0.812. The number of ether oxygens (including phenoxy) is 1. The van der Waals surface area contributed by atoms with Crippen LogP contribution in [0.15, 0.2) is 12.1 Å². The molecular formula is C15H24N4O2. The Bertz CT molecular complexity index is 485. The van der Waals surface area contributed by atoms with Gasteiger partial charge in [0.05, 0.1) is 18.4 Å². The van der Waals surface area contributed by atoms with Crippen LogP contribution in [-0.4, -0.2) is 74.2 Å². The topological polar surface area (TPSA) is 57.7 Å². The van der Waals surface area contributed by atoms with E-state index in [0.29, 0.717) is 11.3 Å². The van der Waals surface area contributed by atoms with E-state index in [9.17, 15) is 4.79 Å².